The fourth-order valence-corrected chi connectivity index (χ4v) is 1.89. The van der Waals surface area contributed by atoms with Crippen LogP contribution in [0.5, 0.6) is 0 Å². The van der Waals surface area contributed by atoms with E-state index in [9.17, 15) is 9.18 Å². The molecule has 1 rings (SSSR count). The Labute approximate surface area is 81.8 Å². The highest BCUT2D eigenvalue weighted by molar-refractivity contribution is 7.18. The molecule has 0 atom stereocenters. The van der Waals surface area contributed by atoms with Crippen molar-refractivity contribution >= 4 is 40.5 Å². The summed E-state index contributed by atoms with van der Waals surface area (Å²) in [6, 6.07) is 0. The third-order valence-electron chi connectivity index (χ3n) is 1.13. The van der Waals surface area contributed by atoms with Gasteiger partial charge in [0.05, 0.1) is 7.11 Å². The molecule has 0 bridgehead atoms. The molecule has 0 aliphatic rings. The molecule has 0 unspecified atom stereocenters. The average Bonchev–Trinajstić information content (AvgIpc) is 2.32. The van der Waals surface area contributed by atoms with E-state index < -0.39 is 11.8 Å². The summed E-state index contributed by atoms with van der Waals surface area (Å²) in [5.41, 5.74) is 0. The maximum absolute atomic E-state index is 13.0. The molecule has 0 radical (unpaired) electrons. The second-order valence-corrected chi connectivity index (χ2v) is 3.83. The van der Waals surface area contributed by atoms with Gasteiger partial charge in [0.2, 0.25) is 0 Å². The summed E-state index contributed by atoms with van der Waals surface area (Å²) < 4.78 is 17.3. The lowest BCUT2D eigenvalue weighted by Crippen LogP contribution is -1.99. The van der Waals surface area contributed by atoms with Gasteiger partial charge in [0, 0.05) is 0 Å². The molecule has 1 aromatic heterocycles. The van der Waals surface area contributed by atoms with Crippen LogP contribution in [0.2, 0.25) is 9.36 Å². The van der Waals surface area contributed by atoms with Crippen LogP contribution in [0.25, 0.3) is 0 Å². The number of methoxy groups -OCH3 is 1. The lowest BCUT2D eigenvalue weighted by Gasteiger charge is -1.92. The highest BCUT2D eigenvalue weighted by atomic mass is 35.5. The Morgan fingerprint density at radius 2 is 2.17 bits per heavy atom. The molecule has 0 spiro atoms. The summed E-state index contributed by atoms with van der Waals surface area (Å²) in [5, 5.41) is -0.234. The van der Waals surface area contributed by atoms with E-state index in [1.54, 1.807) is 0 Å². The zero-order valence-electron chi connectivity index (χ0n) is 5.86. The number of carbonyl (C=O) groups is 1. The summed E-state index contributed by atoms with van der Waals surface area (Å²) in [6.07, 6.45) is 0. The summed E-state index contributed by atoms with van der Waals surface area (Å²) in [5.74, 6) is -1.59. The molecule has 0 N–H and O–H groups in total. The monoisotopic (exact) mass is 228 g/mol. The van der Waals surface area contributed by atoms with Gasteiger partial charge in [-0.2, -0.15) is 0 Å². The summed E-state index contributed by atoms with van der Waals surface area (Å²) in [7, 11) is 1.16. The second kappa shape index (κ2) is 3.60. The maximum Gasteiger partial charge on any atom is 0.351 e. The molecular weight excluding hydrogens is 226 g/mol. The minimum Gasteiger partial charge on any atom is -0.465 e. The van der Waals surface area contributed by atoms with Gasteiger partial charge in [0.25, 0.3) is 0 Å². The largest absolute Gasteiger partial charge is 0.465 e. The fraction of sp³-hybridized carbons (Fsp3) is 0.167. The molecule has 2 nitrogen and oxygen atoms in total. The van der Waals surface area contributed by atoms with E-state index in [4.69, 9.17) is 23.2 Å². The van der Waals surface area contributed by atoms with Crippen molar-refractivity contribution < 1.29 is 13.9 Å². The van der Waals surface area contributed by atoms with Gasteiger partial charge in [0.15, 0.2) is 10.7 Å². The Morgan fingerprint density at radius 3 is 2.50 bits per heavy atom. The second-order valence-electron chi connectivity index (χ2n) is 1.82. The van der Waals surface area contributed by atoms with Crippen LogP contribution < -0.4 is 0 Å². The van der Waals surface area contributed by atoms with Gasteiger partial charge in [0.1, 0.15) is 9.36 Å². The normalized spacial score (nSPS) is 10.0. The van der Waals surface area contributed by atoms with Crippen LogP contribution in [-0.2, 0) is 4.74 Å². The molecule has 12 heavy (non-hydrogen) atoms. The molecule has 0 fully saturated rings. The van der Waals surface area contributed by atoms with Crippen LogP contribution >= 0.6 is 34.5 Å². The Morgan fingerprint density at radius 1 is 1.58 bits per heavy atom. The number of halogens is 3. The lowest BCUT2D eigenvalue weighted by atomic mass is 10.4. The zero-order chi connectivity index (χ0) is 9.30. The van der Waals surface area contributed by atoms with Crippen molar-refractivity contribution in [2.75, 3.05) is 7.11 Å². The van der Waals surface area contributed by atoms with Crippen molar-refractivity contribution in [2.45, 2.75) is 0 Å². The van der Waals surface area contributed by atoms with Crippen molar-refractivity contribution in [2.24, 2.45) is 0 Å². The maximum atomic E-state index is 13.0. The third-order valence-corrected chi connectivity index (χ3v) is 3.04. The van der Waals surface area contributed by atoms with E-state index in [0.29, 0.717) is 0 Å². The Kier molecular flexibility index (Phi) is 2.93. The Balaban J connectivity index is 3.17. The minimum absolute atomic E-state index is 0.0505. The smallest absolute Gasteiger partial charge is 0.351 e. The molecule has 0 saturated heterocycles. The van der Waals surface area contributed by atoms with Gasteiger partial charge in [-0.25, -0.2) is 9.18 Å². The summed E-state index contributed by atoms with van der Waals surface area (Å²) in [4.78, 5) is 10.6. The van der Waals surface area contributed by atoms with E-state index in [-0.39, 0.29) is 14.2 Å². The molecule has 66 valence electrons. The predicted octanol–water partition coefficient (Wildman–Crippen LogP) is 2.98. The van der Waals surface area contributed by atoms with E-state index in [0.717, 1.165) is 18.4 Å². The Bertz CT molecular complexity index is 324. The zero-order valence-corrected chi connectivity index (χ0v) is 8.19. The van der Waals surface area contributed by atoms with Crippen molar-refractivity contribution in [1.29, 1.82) is 0 Å². The molecule has 0 aliphatic heterocycles. The molecule has 0 amide bonds. The first-order chi connectivity index (χ1) is 5.57. The van der Waals surface area contributed by atoms with E-state index in [2.05, 4.69) is 4.74 Å². The molecule has 1 heterocycles. The van der Waals surface area contributed by atoms with Gasteiger partial charge in [-0.1, -0.05) is 23.2 Å². The number of thiophene rings is 1. The average molecular weight is 229 g/mol. The van der Waals surface area contributed by atoms with Gasteiger partial charge in [-0.3, -0.25) is 0 Å². The van der Waals surface area contributed by atoms with E-state index >= 15 is 0 Å². The van der Waals surface area contributed by atoms with Crippen LogP contribution in [-0.4, -0.2) is 13.1 Å². The molecule has 0 aromatic carbocycles. The lowest BCUT2D eigenvalue weighted by molar-refractivity contribution is 0.0601. The molecule has 0 saturated carbocycles. The number of ether oxygens (including phenoxy) is 1. The number of carbonyl (C=O) groups excluding carboxylic acids is 1. The van der Waals surface area contributed by atoms with Gasteiger partial charge >= 0.3 is 5.97 Å². The van der Waals surface area contributed by atoms with Crippen molar-refractivity contribution in [1.82, 2.24) is 0 Å². The van der Waals surface area contributed by atoms with Crippen LogP contribution in [0, 0.1) is 5.82 Å². The van der Waals surface area contributed by atoms with Gasteiger partial charge in [-0.15, -0.1) is 11.3 Å². The molecule has 0 aliphatic carbocycles. The first-order valence-corrected chi connectivity index (χ1v) is 4.36. The number of hydrogen-bond acceptors (Lipinski definition) is 3. The molecular formula is C6H3Cl2FO2S. The summed E-state index contributed by atoms with van der Waals surface area (Å²) >= 11 is 11.6. The van der Waals surface area contributed by atoms with E-state index in [1.807, 2.05) is 0 Å². The van der Waals surface area contributed by atoms with E-state index in [1.165, 1.54) is 0 Å². The highest BCUT2D eigenvalue weighted by Gasteiger charge is 2.21. The van der Waals surface area contributed by atoms with Crippen LogP contribution in [0.15, 0.2) is 0 Å². The van der Waals surface area contributed by atoms with Crippen LogP contribution in [0.4, 0.5) is 4.39 Å². The number of hydrogen-bond donors (Lipinski definition) is 0. The van der Waals surface area contributed by atoms with Crippen molar-refractivity contribution in [3.8, 4) is 0 Å². The van der Waals surface area contributed by atoms with Crippen LogP contribution in [0.1, 0.15) is 9.67 Å². The standard InChI is InChI=1S/C6H3Cl2FO2S/c1-11-6(10)4-3(9)2(7)5(8)12-4/h1H3. The van der Waals surface area contributed by atoms with Crippen molar-refractivity contribution in [3.05, 3.63) is 20.1 Å². The minimum atomic E-state index is -0.821. The molecule has 1 aromatic rings. The topological polar surface area (TPSA) is 26.3 Å². The predicted molar refractivity (Wildman–Crippen MR) is 45.6 cm³/mol. The quantitative estimate of drug-likeness (QED) is 0.692. The number of rotatable bonds is 1. The highest BCUT2D eigenvalue weighted by Crippen LogP contribution is 2.35. The third kappa shape index (κ3) is 1.55. The van der Waals surface area contributed by atoms with Crippen molar-refractivity contribution in [3.63, 3.8) is 0 Å². The van der Waals surface area contributed by atoms with Crippen LogP contribution in [0.3, 0.4) is 0 Å². The van der Waals surface area contributed by atoms with Gasteiger partial charge < -0.3 is 4.74 Å². The summed E-state index contributed by atoms with van der Waals surface area (Å²) in [6.45, 7) is 0. The first-order valence-electron chi connectivity index (χ1n) is 2.79. The van der Waals surface area contributed by atoms with Gasteiger partial charge in [-0.05, 0) is 0 Å². The SMILES string of the molecule is COC(=O)c1sc(Cl)c(Cl)c1F. The number of esters is 1. The first kappa shape index (κ1) is 9.77. The molecule has 6 heteroatoms. The Hall–Kier alpha value is -0.320. The fourth-order valence-electron chi connectivity index (χ4n) is 0.589.